The summed E-state index contributed by atoms with van der Waals surface area (Å²) in [7, 11) is -4.48. The van der Waals surface area contributed by atoms with Crippen molar-refractivity contribution in [1.29, 1.82) is 0 Å². The fourth-order valence-corrected chi connectivity index (χ4v) is 5.17. The van der Waals surface area contributed by atoms with Crippen molar-refractivity contribution in [3.8, 4) is 5.75 Å². The Kier molecular flexibility index (Phi) is 9.47. The highest BCUT2D eigenvalue weighted by atomic mass is 31.2. The molecule has 2 heterocycles. The lowest BCUT2D eigenvalue weighted by atomic mass is 9.95. The molecule has 0 radical (unpaired) electrons. The molecular weight excluding hydrogens is 534 g/mol. The van der Waals surface area contributed by atoms with Gasteiger partial charge in [-0.1, -0.05) is 12.1 Å². The van der Waals surface area contributed by atoms with Gasteiger partial charge < -0.3 is 28.2 Å². The molecule has 0 bridgehead atoms. The Balaban J connectivity index is 1.99. The van der Waals surface area contributed by atoms with E-state index in [0.717, 1.165) is 33.3 Å². The number of phosphoric acid groups is 1. The maximum Gasteiger partial charge on any atom is 0.532 e. The van der Waals surface area contributed by atoms with Crippen molar-refractivity contribution in [2.24, 2.45) is 0 Å². The van der Waals surface area contributed by atoms with Crippen molar-refractivity contribution in [3.05, 3.63) is 29.3 Å². The number of alkyl halides is 1. The molecule has 0 amide bonds. The molecule has 1 aromatic rings. The van der Waals surface area contributed by atoms with Gasteiger partial charge in [0.05, 0.1) is 6.61 Å². The maximum absolute atomic E-state index is 15.3. The summed E-state index contributed by atoms with van der Waals surface area (Å²) in [5.41, 5.74) is 1.41. The number of phosphoric ester groups is 1. The number of fused-ring (bicyclic) bond motifs is 1. The fourth-order valence-electron chi connectivity index (χ4n) is 3.89. The van der Waals surface area contributed by atoms with E-state index in [0.29, 0.717) is 5.56 Å². The van der Waals surface area contributed by atoms with E-state index in [1.54, 1.807) is 19.1 Å². The van der Waals surface area contributed by atoms with Gasteiger partial charge in [-0.15, -0.1) is 0 Å². The molecule has 1 unspecified atom stereocenters. The number of aryl methyl sites for hydroxylation is 1. The first-order valence-corrected chi connectivity index (χ1v) is 12.9. The SMILES string of the molecule is CC(=O)OC[C@H](F)[C@H]1O[C@@H](OP2(=O)OCc3c(C)cccc3O2)[C@@H](OC(C)=O)[C@@H](OC(C)=O)[C@@H]1OC(C)=O. The number of ether oxygens (including phenoxy) is 5. The molecule has 2 aliphatic heterocycles. The average molecular weight is 562 g/mol. The first-order valence-electron chi connectivity index (χ1n) is 11.4. The summed E-state index contributed by atoms with van der Waals surface area (Å²) in [6.07, 6.45) is -11.0. The van der Waals surface area contributed by atoms with Crippen LogP contribution in [0.25, 0.3) is 0 Å². The lowest BCUT2D eigenvalue weighted by Crippen LogP contribution is -2.64. The molecule has 210 valence electrons. The molecule has 1 saturated heterocycles. The highest BCUT2D eigenvalue weighted by molar-refractivity contribution is 7.49. The molecule has 1 fully saturated rings. The Morgan fingerprint density at radius 2 is 1.58 bits per heavy atom. The molecular formula is C23H28FO13P. The Morgan fingerprint density at radius 3 is 2.18 bits per heavy atom. The van der Waals surface area contributed by atoms with Gasteiger partial charge in [-0.25, -0.2) is 13.5 Å². The first kappa shape index (κ1) is 29.5. The summed E-state index contributed by atoms with van der Waals surface area (Å²) in [4.78, 5) is 47.0. The van der Waals surface area contributed by atoms with Gasteiger partial charge >= 0.3 is 31.7 Å². The zero-order valence-corrected chi connectivity index (χ0v) is 22.1. The number of carbonyl (C=O) groups is 4. The van der Waals surface area contributed by atoms with E-state index in [1.165, 1.54) is 6.07 Å². The Hall–Kier alpha value is -3.06. The summed E-state index contributed by atoms with van der Waals surface area (Å²) >= 11 is 0. The van der Waals surface area contributed by atoms with E-state index in [-0.39, 0.29) is 12.4 Å². The van der Waals surface area contributed by atoms with Crippen LogP contribution >= 0.6 is 7.82 Å². The van der Waals surface area contributed by atoms with Crippen LogP contribution in [0.1, 0.15) is 38.8 Å². The van der Waals surface area contributed by atoms with E-state index in [1.807, 2.05) is 0 Å². The molecule has 0 spiro atoms. The van der Waals surface area contributed by atoms with E-state index in [4.69, 9.17) is 37.3 Å². The summed E-state index contributed by atoms with van der Waals surface area (Å²) < 4.78 is 71.1. The van der Waals surface area contributed by atoms with Crippen LogP contribution in [0.5, 0.6) is 5.75 Å². The summed E-state index contributed by atoms with van der Waals surface area (Å²) in [5.74, 6) is -3.35. The van der Waals surface area contributed by atoms with Gasteiger partial charge in [0.25, 0.3) is 0 Å². The third kappa shape index (κ3) is 7.28. The molecule has 13 nitrogen and oxygen atoms in total. The quantitative estimate of drug-likeness (QED) is 0.259. The minimum absolute atomic E-state index is 0.171. The number of esters is 4. The van der Waals surface area contributed by atoms with Crippen LogP contribution in [0, 0.1) is 6.92 Å². The molecule has 1 aromatic carbocycles. The number of benzene rings is 1. The lowest BCUT2D eigenvalue weighted by molar-refractivity contribution is -0.296. The molecule has 38 heavy (non-hydrogen) atoms. The molecule has 0 saturated carbocycles. The van der Waals surface area contributed by atoms with Crippen LogP contribution in [0.2, 0.25) is 0 Å². The van der Waals surface area contributed by atoms with Crippen molar-refractivity contribution in [2.45, 2.75) is 78.1 Å². The minimum atomic E-state index is -4.48. The second-order valence-corrected chi connectivity index (χ2v) is 10.0. The van der Waals surface area contributed by atoms with Crippen molar-refractivity contribution in [1.82, 2.24) is 0 Å². The van der Waals surface area contributed by atoms with Gasteiger partial charge in [0.15, 0.2) is 24.5 Å². The van der Waals surface area contributed by atoms with Crippen LogP contribution in [0.3, 0.4) is 0 Å². The zero-order chi connectivity index (χ0) is 28.2. The van der Waals surface area contributed by atoms with Crippen LogP contribution in [0.15, 0.2) is 18.2 Å². The third-order valence-electron chi connectivity index (χ3n) is 5.42. The maximum atomic E-state index is 15.3. The van der Waals surface area contributed by atoms with Gasteiger partial charge in [-0.3, -0.25) is 23.7 Å². The van der Waals surface area contributed by atoms with Gasteiger partial charge in [0, 0.05) is 33.3 Å². The van der Waals surface area contributed by atoms with E-state index >= 15 is 4.39 Å². The predicted octanol–water partition coefficient (Wildman–Crippen LogP) is 2.45. The molecule has 15 heteroatoms. The van der Waals surface area contributed by atoms with E-state index in [2.05, 4.69) is 0 Å². The third-order valence-corrected chi connectivity index (χ3v) is 6.75. The van der Waals surface area contributed by atoms with Crippen LogP contribution in [-0.4, -0.2) is 67.4 Å². The van der Waals surface area contributed by atoms with E-state index in [9.17, 15) is 23.7 Å². The van der Waals surface area contributed by atoms with Crippen LogP contribution in [0.4, 0.5) is 4.39 Å². The topological polar surface area (TPSA) is 159 Å². The molecule has 0 aliphatic carbocycles. The highest BCUT2D eigenvalue weighted by Crippen LogP contribution is 2.56. The number of hydrogen-bond donors (Lipinski definition) is 0. The minimum Gasteiger partial charge on any atom is -0.463 e. The normalized spacial score (nSPS) is 29.2. The van der Waals surface area contributed by atoms with Crippen LogP contribution < -0.4 is 4.52 Å². The second-order valence-electron chi connectivity index (χ2n) is 8.48. The highest BCUT2D eigenvalue weighted by Gasteiger charge is 2.57. The number of hydrogen-bond acceptors (Lipinski definition) is 13. The number of rotatable bonds is 8. The largest absolute Gasteiger partial charge is 0.532 e. The predicted molar refractivity (Wildman–Crippen MR) is 122 cm³/mol. The van der Waals surface area contributed by atoms with E-state index < -0.39 is 75.2 Å². The zero-order valence-electron chi connectivity index (χ0n) is 21.2. The molecule has 7 atom stereocenters. The van der Waals surface area contributed by atoms with Crippen molar-refractivity contribution >= 4 is 31.7 Å². The van der Waals surface area contributed by atoms with Crippen molar-refractivity contribution < 1.29 is 65.4 Å². The molecule has 0 aromatic heterocycles. The monoisotopic (exact) mass is 562 g/mol. The standard InChI is InChI=1S/C23H28FO13P/c1-11-7-6-8-18-16(11)9-31-38(29,36-18)37-23-22(34-15(5)28)21(33-14(4)27)20(32-13(3)26)19(35-23)17(24)10-30-12(2)25/h6-8,17,19-23H,9-10H2,1-5H3/t17-,19+,20+,21-,22-,23-,38?/m0/s1. The number of carbonyl (C=O) groups excluding carboxylic acids is 4. The molecule has 3 rings (SSSR count). The summed E-state index contributed by atoms with van der Waals surface area (Å²) in [5, 5.41) is 0. The summed E-state index contributed by atoms with van der Waals surface area (Å²) in [6, 6.07) is 4.98. The summed E-state index contributed by atoms with van der Waals surface area (Å²) in [6.45, 7) is 4.86. The second kappa shape index (κ2) is 12.2. The van der Waals surface area contributed by atoms with Crippen molar-refractivity contribution in [2.75, 3.05) is 6.61 Å². The van der Waals surface area contributed by atoms with Gasteiger partial charge in [-0.2, -0.15) is 0 Å². The van der Waals surface area contributed by atoms with Gasteiger partial charge in [-0.05, 0) is 18.6 Å². The smallest absolute Gasteiger partial charge is 0.463 e. The Bertz CT molecular complexity index is 1120. The Labute approximate surface area is 217 Å². The number of halogens is 1. The first-order chi connectivity index (χ1) is 17.8. The van der Waals surface area contributed by atoms with Gasteiger partial charge in [0.2, 0.25) is 6.29 Å². The Morgan fingerprint density at radius 1 is 0.974 bits per heavy atom. The van der Waals surface area contributed by atoms with Crippen molar-refractivity contribution in [3.63, 3.8) is 0 Å². The molecule has 2 aliphatic rings. The average Bonchev–Trinajstić information content (AvgIpc) is 2.80. The van der Waals surface area contributed by atoms with Gasteiger partial charge in [0.1, 0.15) is 18.5 Å². The lowest BCUT2D eigenvalue weighted by Gasteiger charge is -2.45. The molecule has 0 N–H and O–H groups in total. The van der Waals surface area contributed by atoms with Crippen LogP contribution in [-0.2, 0) is 63.1 Å². The fraction of sp³-hybridized carbons (Fsp3) is 0.565.